The summed E-state index contributed by atoms with van der Waals surface area (Å²) in [7, 11) is 0. The zero-order chi connectivity index (χ0) is 15.2. The van der Waals surface area contributed by atoms with Gasteiger partial charge in [0.05, 0.1) is 0 Å². The van der Waals surface area contributed by atoms with Crippen LogP contribution in [0.5, 0.6) is 0 Å². The molecule has 5 aliphatic rings. The van der Waals surface area contributed by atoms with Gasteiger partial charge in [-0.25, -0.2) is 4.79 Å². The average molecular weight is 306 g/mol. The molecular formula is C17H22O5. The molecule has 4 aliphatic carbocycles. The lowest BCUT2D eigenvalue weighted by Crippen LogP contribution is -2.51. The Morgan fingerprint density at radius 2 is 1.73 bits per heavy atom. The van der Waals surface area contributed by atoms with Crippen LogP contribution in [-0.2, 0) is 23.8 Å². The third-order valence-corrected chi connectivity index (χ3v) is 5.81. The lowest BCUT2D eigenvalue weighted by atomic mass is 9.48. The molecule has 4 fully saturated rings. The average Bonchev–Trinajstić information content (AvgIpc) is 2.51. The van der Waals surface area contributed by atoms with Gasteiger partial charge in [0.25, 0.3) is 0 Å². The van der Waals surface area contributed by atoms with Gasteiger partial charge >= 0.3 is 5.97 Å². The quantitative estimate of drug-likeness (QED) is 0.745. The molecule has 1 aliphatic heterocycles. The van der Waals surface area contributed by atoms with Crippen LogP contribution in [0.2, 0.25) is 0 Å². The van der Waals surface area contributed by atoms with Crippen molar-refractivity contribution < 1.29 is 23.8 Å². The van der Waals surface area contributed by atoms with Crippen LogP contribution in [0.25, 0.3) is 0 Å². The third-order valence-electron chi connectivity index (χ3n) is 5.81. The molecule has 22 heavy (non-hydrogen) atoms. The fourth-order valence-electron chi connectivity index (χ4n) is 5.28. The van der Waals surface area contributed by atoms with Crippen LogP contribution < -0.4 is 0 Å². The fraction of sp³-hybridized carbons (Fsp3) is 0.765. The van der Waals surface area contributed by atoms with Crippen LogP contribution in [0.3, 0.4) is 0 Å². The Morgan fingerprint density at radius 3 is 2.27 bits per heavy atom. The van der Waals surface area contributed by atoms with Crippen molar-refractivity contribution in [3.63, 3.8) is 0 Å². The van der Waals surface area contributed by atoms with Crippen molar-refractivity contribution in [2.45, 2.75) is 38.5 Å². The van der Waals surface area contributed by atoms with Crippen molar-refractivity contribution in [3.8, 4) is 0 Å². The molecule has 0 saturated heterocycles. The topological polar surface area (TPSA) is 61.8 Å². The molecule has 0 unspecified atom stereocenters. The van der Waals surface area contributed by atoms with Crippen LogP contribution in [0.1, 0.15) is 38.5 Å². The maximum atomic E-state index is 12.7. The summed E-state index contributed by atoms with van der Waals surface area (Å²) in [4.78, 5) is 24.6. The molecule has 0 aromatic carbocycles. The van der Waals surface area contributed by atoms with Gasteiger partial charge in [-0.15, -0.1) is 0 Å². The van der Waals surface area contributed by atoms with Gasteiger partial charge < -0.3 is 14.2 Å². The Hall–Kier alpha value is -1.52. The summed E-state index contributed by atoms with van der Waals surface area (Å²) < 4.78 is 15.4. The molecule has 4 saturated carbocycles. The molecule has 0 N–H and O–H groups in total. The first-order valence-corrected chi connectivity index (χ1v) is 8.30. The molecule has 1 heterocycles. The highest BCUT2D eigenvalue weighted by Crippen LogP contribution is 2.60. The number of ether oxygens (including phenoxy) is 3. The summed E-state index contributed by atoms with van der Waals surface area (Å²) >= 11 is 0. The molecule has 5 rings (SSSR count). The van der Waals surface area contributed by atoms with Crippen LogP contribution in [0, 0.1) is 23.2 Å². The molecule has 0 aromatic rings. The van der Waals surface area contributed by atoms with Gasteiger partial charge in [-0.05, 0) is 56.3 Å². The largest absolute Gasteiger partial charge is 0.493 e. The normalized spacial score (nSPS) is 38.7. The Labute approximate surface area is 130 Å². The number of esters is 1. The van der Waals surface area contributed by atoms with E-state index in [-0.39, 0.29) is 23.6 Å². The third kappa shape index (κ3) is 2.40. The summed E-state index contributed by atoms with van der Waals surface area (Å²) in [6.07, 6.45) is 8.15. The van der Waals surface area contributed by atoms with Crippen molar-refractivity contribution in [1.82, 2.24) is 0 Å². The number of rotatable bonds is 4. The first kappa shape index (κ1) is 14.1. The van der Waals surface area contributed by atoms with E-state index in [2.05, 4.69) is 0 Å². The molecule has 0 radical (unpaired) electrons. The zero-order valence-corrected chi connectivity index (χ0v) is 12.7. The van der Waals surface area contributed by atoms with Crippen LogP contribution >= 0.6 is 0 Å². The molecule has 0 aromatic heterocycles. The molecule has 5 heteroatoms. The molecule has 0 amide bonds. The van der Waals surface area contributed by atoms with Gasteiger partial charge in [-0.3, -0.25) is 4.79 Å². The Bertz CT molecular complexity index is 486. The van der Waals surface area contributed by atoms with Gasteiger partial charge in [-0.1, -0.05) is 0 Å². The summed E-state index contributed by atoms with van der Waals surface area (Å²) in [5.74, 6) is 1.70. The second-order valence-corrected chi connectivity index (χ2v) is 7.40. The van der Waals surface area contributed by atoms with Crippen LogP contribution in [0.15, 0.2) is 12.0 Å². The number of hydrogen-bond donors (Lipinski definition) is 0. The summed E-state index contributed by atoms with van der Waals surface area (Å²) in [6.45, 7) is 0.637. The van der Waals surface area contributed by atoms with E-state index in [1.807, 2.05) is 0 Å². The number of carbonyl (C=O) groups is 2. The van der Waals surface area contributed by atoms with Crippen molar-refractivity contribution in [2.75, 3.05) is 19.8 Å². The first-order chi connectivity index (χ1) is 10.6. The Balaban J connectivity index is 1.38. The van der Waals surface area contributed by atoms with E-state index in [9.17, 15) is 9.59 Å². The molecule has 4 bridgehead atoms. The predicted molar refractivity (Wildman–Crippen MR) is 76.6 cm³/mol. The number of Topliss-reactive ketones (excluding diaryl/α,β-unsaturated/α-hetero) is 1. The van der Waals surface area contributed by atoms with Crippen molar-refractivity contribution in [3.05, 3.63) is 12.0 Å². The van der Waals surface area contributed by atoms with Gasteiger partial charge in [0.15, 0.2) is 12.4 Å². The first-order valence-electron chi connectivity index (χ1n) is 8.30. The molecule has 5 nitrogen and oxygen atoms in total. The molecular weight excluding hydrogens is 284 g/mol. The van der Waals surface area contributed by atoms with Gasteiger partial charge in [0.1, 0.15) is 19.5 Å². The highest BCUT2D eigenvalue weighted by molar-refractivity contribution is 5.91. The van der Waals surface area contributed by atoms with Crippen molar-refractivity contribution in [2.24, 2.45) is 23.2 Å². The number of hydrogen-bond acceptors (Lipinski definition) is 5. The van der Waals surface area contributed by atoms with E-state index in [1.54, 1.807) is 0 Å². The van der Waals surface area contributed by atoms with E-state index < -0.39 is 5.97 Å². The number of carbonyl (C=O) groups excluding carboxylic acids is 2. The Kier molecular flexibility index (Phi) is 3.39. The minimum atomic E-state index is -0.599. The van der Waals surface area contributed by atoms with Gasteiger partial charge in [-0.2, -0.15) is 0 Å². The maximum absolute atomic E-state index is 12.7. The lowest BCUT2D eigenvalue weighted by molar-refractivity contribution is -0.158. The predicted octanol–water partition coefficient (Wildman–Crippen LogP) is 2.20. The smallest absolute Gasteiger partial charge is 0.377 e. The monoisotopic (exact) mass is 306 g/mol. The standard InChI is InChI=1S/C17H22O5/c18-15(10-22-16(19)14-9-20-1-2-21-14)17-6-11-3-12(7-17)5-13(4-11)8-17/h9,11-13H,1-8,10H2. The van der Waals surface area contributed by atoms with E-state index in [0.29, 0.717) is 31.0 Å². The van der Waals surface area contributed by atoms with Crippen LogP contribution in [0.4, 0.5) is 0 Å². The lowest BCUT2D eigenvalue weighted by Gasteiger charge is -2.55. The SMILES string of the molecule is O=C(OCC(=O)C12CC3CC(CC(C3)C1)C2)C1=COCCO1. The highest BCUT2D eigenvalue weighted by Gasteiger charge is 2.54. The van der Waals surface area contributed by atoms with Gasteiger partial charge in [0.2, 0.25) is 5.76 Å². The minimum absolute atomic E-state index is 0.0598. The second-order valence-electron chi connectivity index (χ2n) is 7.40. The summed E-state index contributed by atoms with van der Waals surface area (Å²) in [5, 5.41) is 0. The van der Waals surface area contributed by atoms with E-state index >= 15 is 0 Å². The van der Waals surface area contributed by atoms with Crippen molar-refractivity contribution in [1.29, 1.82) is 0 Å². The summed E-state index contributed by atoms with van der Waals surface area (Å²) in [5.41, 5.74) is -0.215. The molecule has 0 atom stereocenters. The zero-order valence-electron chi connectivity index (χ0n) is 12.7. The second kappa shape index (κ2) is 5.28. The highest BCUT2D eigenvalue weighted by atomic mass is 16.6. The van der Waals surface area contributed by atoms with E-state index in [0.717, 1.165) is 19.3 Å². The fourth-order valence-corrected chi connectivity index (χ4v) is 5.28. The summed E-state index contributed by atoms with van der Waals surface area (Å²) in [6, 6.07) is 0. The van der Waals surface area contributed by atoms with Crippen molar-refractivity contribution >= 4 is 11.8 Å². The van der Waals surface area contributed by atoms with E-state index in [1.165, 1.54) is 25.5 Å². The minimum Gasteiger partial charge on any atom is -0.493 e. The molecule has 0 spiro atoms. The van der Waals surface area contributed by atoms with E-state index in [4.69, 9.17) is 14.2 Å². The maximum Gasteiger partial charge on any atom is 0.377 e. The van der Waals surface area contributed by atoms with Crippen LogP contribution in [-0.4, -0.2) is 31.6 Å². The molecule has 120 valence electrons. The number of ketones is 1. The Morgan fingerprint density at radius 1 is 1.09 bits per heavy atom. The van der Waals surface area contributed by atoms with Gasteiger partial charge in [0, 0.05) is 5.41 Å².